The van der Waals surface area contributed by atoms with Crippen LogP contribution >= 0.6 is 0 Å². The molecule has 0 aliphatic heterocycles. The first-order valence-corrected chi connectivity index (χ1v) is 7.09. The summed E-state index contributed by atoms with van der Waals surface area (Å²) in [7, 11) is 0. The van der Waals surface area contributed by atoms with Crippen molar-refractivity contribution in [3.8, 4) is 0 Å². The van der Waals surface area contributed by atoms with Crippen LogP contribution in [0.15, 0.2) is 0 Å². The minimum atomic E-state index is -0.552. The molecule has 0 unspecified atom stereocenters. The predicted molar refractivity (Wildman–Crippen MR) is 71.1 cm³/mol. The third-order valence-electron chi connectivity index (χ3n) is 4.12. The van der Waals surface area contributed by atoms with E-state index in [0.717, 1.165) is 38.5 Å². The van der Waals surface area contributed by atoms with E-state index in [1.54, 1.807) is 0 Å². The van der Waals surface area contributed by atoms with Gasteiger partial charge in [-0.1, -0.05) is 52.9 Å². The van der Waals surface area contributed by atoms with Crippen LogP contribution in [0.2, 0.25) is 0 Å². The molecule has 0 atom stereocenters. The monoisotopic (exact) mass is 240 g/mol. The molecule has 1 fully saturated rings. The van der Waals surface area contributed by atoms with Crippen LogP contribution in [0.25, 0.3) is 0 Å². The zero-order chi connectivity index (χ0) is 12.9. The molecule has 2 heteroatoms. The van der Waals surface area contributed by atoms with E-state index in [-0.39, 0.29) is 5.41 Å². The Morgan fingerprint density at radius 3 is 1.94 bits per heavy atom. The van der Waals surface area contributed by atoms with Crippen molar-refractivity contribution in [3.05, 3.63) is 0 Å². The maximum atomic E-state index is 11.7. The van der Waals surface area contributed by atoms with Crippen LogP contribution in [0.3, 0.4) is 0 Å². The fraction of sp³-hybridized carbons (Fsp3) is 0.933. The summed E-state index contributed by atoms with van der Waals surface area (Å²) in [5.41, 5.74) is -0.182. The topological polar surface area (TPSA) is 37.3 Å². The number of hydrogen-bond donors (Lipinski definition) is 1. The summed E-state index contributed by atoms with van der Waals surface area (Å²) in [4.78, 5) is 11.7. The summed E-state index contributed by atoms with van der Waals surface area (Å²) in [6, 6.07) is 0. The van der Waals surface area contributed by atoms with Gasteiger partial charge >= 0.3 is 5.97 Å². The number of aliphatic carboxylic acids is 1. The van der Waals surface area contributed by atoms with Crippen molar-refractivity contribution < 1.29 is 9.90 Å². The van der Waals surface area contributed by atoms with Gasteiger partial charge in [-0.25, -0.2) is 0 Å². The van der Waals surface area contributed by atoms with E-state index in [1.807, 2.05) is 0 Å². The Labute approximate surface area is 106 Å². The highest BCUT2D eigenvalue weighted by Gasteiger charge is 2.38. The second-order valence-electron chi connectivity index (χ2n) is 6.91. The summed E-state index contributed by atoms with van der Waals surface area (Å²) in [6.07, 6.45) is 9.54. The lowest BCUT2D eigenvalue weighted by atomic mass is 9.70. The third-order valence-corrected chi connectivity index (χ3v) is 4.12. The molecule has 100 valence electrons. The first-order valence-electron chi connectivity index (χ1n) is 7.09. The zero-order valence-corrected chi connectivity index (χ0v) is 11.7. The van der Waals surface area contributed by atoms with Gasteiger partial charge in [0.05, 0.1) is 5.41 Å². The minimum absolute atomic E-state index is 0.241. The highest BCUT2D eigenvalue weighted by molar-refractivity contribution is 5.74. The van der Waals surface area contributed by atoms with Crippen LogP contribution in [0.5, 0.6) is 0 Å². The van der Waals surface area contributed by atoms with Crippen molar-refractivity contribution in [3.63, 3.8) is 0 Å². The molecule has 1 rings (SSSR count). The molecule has 1 aliphatic rings. The van der Waals surface area contributed by atoms with Crippen molar-refractivity contribution in [1.82, 2.24) is 0 Å². The molecule has 1 aliphatic carbocycles. The van der Waals surface area contributed by atoms with Gasteiger partial charge in [-0.15, -0.1) is 0 Å². The van der Waals surface area contributed by atoms with Gasteiger partial charge in [0.1, 0.15) is 0 Å². The lowest BCUT2D eigenvalue weighted by molar-refractivity contribution is -0.151. The summed E-state index contributed by atoms with van der Waals surface area (Å²) < 4.78 is 0. The van der Waals surface area contributed by atoms with E-state index in [0.29, 0.717) is 0 Å². The lowest BCUT2D eigenvalue weighted by Crippen LogP contribution is -2.33. The minimum Gasteiger partial charge on any atom is -0.481 e. The standard InChI is InChI=1S/C15H28O2/c1-14(2,3)11-12-15(13(16)17)9-7-5-4-6-8-10-15/h4-12H2,1-3H3,(H,16,17). The van der Waals surface area contributed by atoms with Gasteiger partial charge in [0, 0.05) is 0 Å². The summed E-state index contributed by atoms with van der Waals surface area (Å²) in [5.74, 6) is -0.552. The van der Waals surface area contributed by atoms with E-state index in [9.17, 15) is 9.90 Å². The average molecular weight is 240 g/mol. The van der Waals surface area contributed by atoms with Crippen molar-refractivity contribution in [2.45, 2.75) is 78.6 Å². The molecule has 0 radical (unpaired) electrons. The molecule has 1 saturated carbocycles. The van der Waals surface area contributed by atoms with Gasteiger partial charge in [0.15, 0.2) is 0 Å². The van der Waals surface area contributed by atoms with Gasteiger partial charge in [0.2, 0.25) is 0 Å². The average Bonchev–Trinajstić information content (AvgIpc) is 2.14. The molecule has 0 aromatic rings. The normalized spacial score (nSPS) is 21.6. The zero-order valence-electron chi connectivity index (χ0n) is 11.7. The highest BCUT2D eigenvalue weighted by Crippen LogP contribution is 2.41. The molecule has 0 heterocycles. The lowest BCUT2D eigenvalue weighted by Gasteiger charge is -2.33. The number of carboxylic acid groups (broad SMARTS) is 1. The maximum absolute atomic E-state index is 11.7. The van der Waals surface area contributed by atoms with Crippen LogP contribution < -0.4 is 0 Å². The molecule has 1 N–H and O–H groups in total. The second-order valence-corrected chi connectivity index (χ2v) is 6.91. The second kappa shape index (κ2) is 5.88. The van der Waals surface area contributed by atoms with Crippen LogP contribution in [0.1, 0.15) is 78.6 Å². The molecular weight excluding hydrogens is 212 g/mol. The Morgan fingerprint density at radius 2 is 1.53 bits per heavy atom. The summed E-state index contributed by atoms with van der Waals surface area (Å²) in [5, 5.41) is 9.60. The van der Waals surface area contributed by atoms with Gasteiger partial charge in [-0.05, 0) is 31.1 Å². The van der Waals surface area contributed by atoms with Crippen LogP contribution in [0.4, 0.5) is 0 Å². The Kier molecular flexibility index (Phi) is 5.03. The molecule has 0 aromatic carbocycles. The number of carboxylic acids is 1. The molecule has 2 nitrogen and oxygen atoms in total. The van der Waals surface area contributed by atoms with Gasteiger partial charge < -0.3 is 5.11 Å². The number of hydrogen-bond acceptors (Lipinski definition) is 1. The van der Waals surface area contributed by atoms with Crippen molar-refractivity contribution in [1.29, 1.82) is 0 Å². The molecule has 0 spiro atoms. The van der Waals surface area contributed by atoms with E-state index < -0.39 is 11.4 Å². The fourth-order valence-corrected chi connectivity index (χ4v) is 2.77. The van der Waals surface area contributed by atoms with E-state index in [1.165, 1.54) is 19.3 Å². The molecule has 0 bridgehead atoms. The van der Waals surface area contributed by atoms with Gasteiger partial charge in [-0.3, -0.25) is 4.79 Å². The van der Waals surface area contributed by atoms with Crippen LogP contribution in [-0.2, 0) is 4.79 Å². The first kappa shape index (κ1) is 14.5. The molecule has 0 aromatic heterocycles. The van der Waals surface area contributed by atoms with E-state index in [4.69, 9.17) is 0 Å². The smallest absolute Gasteiger partial charge is 0.309 e. The molecule has 17 heavy (non-hydrogen) atoms. The quantitative estimate of drug-likeness (QED) is 0.781. The summed E-state index contributed by atoms with van der Waals surface area (Å²) >= 11 is 0. The molecular formula is C15H28O2. The van der Waals surface area contributed by atoms with Crippen LogP contribution in [-0.4, -0.2) is 11.1 Å². The molecule has 0 saturated heterocycles. The Bertz CT molecular complexity index is 242. The maximum Gasteiger partial charge on any atom is 0.309 e. The van der Waals surface area contributed by atoms with Crippen LogP contribution in [0, 0.1) is 10.8 Å². The fourth-order valence-electron chi connectivity index (χ4n) is 2.77. The SMILES string of the molecule is CC(C)(C)CCC1(C(=O)O)CCCCCCC1. The third kappa shape index (κ3) is 4.69. The van der Waals surface area contributed by atoms with E-state index >= 15 is 0 Å². The van der Waals surface area contributed by atoms with E-state index in [2.05, 4.69) is 20.8 Å². The first-order chi connectivity index (χ1) is 7.86. The van der Waals surface area contributed by atoms with Crippen molar-refractivity contribution in [2.24, 2.45) is 10.8 Å². The molecule has 0 amide bonds. The number of carbonyl (C=O) groups is 1. The summed E-state index contributed by atoms with van der Waals surface area (Å²) in [6.45, 7) is 6.60. The Hall–Kier alpha value is -0.530. The van der Waals surface area contributed by atoms with Crippen molar-refractivity contribution in [2.75, 3.05) is 0 Å². The van der Waals surface area contributed by atoms with Gasteiger partial charge in [-0.2, -0.15) is 0 Å². The largest absolute Gasteiger partial charge is 0.481 e. The highest BCUT2D eigenvalue weighted by atomic mass is 16.4. The van der Waals surface area contributed by atoms with Gasteiger partial charge in [0.25, 0.3) is 0 Å². The predicted octanol–water partition coefficient (Wildman–Crippen LogP) is 4.63. The van der Waals surface area contributed by atoms with Crippen molar-refractivity contribution >= 4 is 5.97 Å². The Balaban J connectivity index is 2.68. The number of rotatable bonds is 3. The Morgan fingerprint density at radius 1 is 1.06 bits per heavy atom.